The summed E-state index contributed by atoms with van der Waals surface area (Å²) in [5.74, 6) is 1.28. The van der Waals surface area contributed by atoms with E-state index in [1.165, 1.54) is 11.1 Å². The molecule has 0 atom stereocenters. The normalized spacial score (nSPS) is 20.3. The van der Waals surface area contributed by atoms with Crippen LogP contribution >= 0.6 is 0 Å². The van der Waals surface area contributed by atoms with Crippen molar-refractivity contribution in [3.8, 4) is 5.75 Å². The van der Waals surface area contributed by atoms with Crippen molar-refractivity contribution in [2.75, 3.05) is 33.3 Å². The summed E-state index contributed by atoms with van der Waals surface area (Å²) >= 11 is 0. The monoisotopic (exact) mass is 438 g/mol. The van der Waals surface area contributed by atoms with E-state index in [1.54, 1.807) is 0 Å². The van der Waals surface area contributed by atoms with Gasteiger partial charge in [-0.3, -0.25) is 14.4 Å². The maximum Gasteiger partial charge on any atom is 0.228 e. The van der Waals surface area contributed by atoms with Crippen molar-refractivity contribution in [1.29, 1.82) is 0 Å². The number of amides is 1. The molecule has 4 rings (SSSR count). The van der Waals surface area contributed by atoms with E-state index < -0.39 is 0 Å². The first-order valence-corrected chi connectivity index (χ1v) is 12.2. The molecular weight excluding hydrogens is 400 g/mol. The van der Waals surface area contributed by atoms with Gasteiger partial charge in [0.2, 0.25) is 5.91 Å². The molecular formula is C26H38N4O2. The number of carbonyl (C=O) groups is 1. The van der Waals surface area contributed by atoms with Crippen molar-refractivity contribution in [3.63, 3.8) is 0 Å². The van der Waals surface area contributed by atoms with E-state index in [2.05, 4.69) is 42.2 Å². The van der Waals surface area contributed by atoms with Gasteiger partial charge in [-0.2, -0.15) is 5.10 Å². The lowest BCUT2D eigenvalue weighted by atomic mass is 9.73. The molecule has 0 N–H and O–H groups in total. The fraction of sp³-hybridized carbons (Fsp3) is 0.615. The van der Waals surface area contributed by atoms with Crippen LogP contribution in [0.25, 0.3) is 0 Å². The molecule has 0 bridgehead atoms. The Labute approximate surface area is 192 Å². The summed E-state index contributed by atoms with van der Waals surface area (Å²) in [5.41, 5.74) is 3.48. The first-order valence-electron chi connectivity index (χ1n) is 12.2. The van der Waals surface area contributed by atoms with Gasteiger partial charge in [0.05, 0.1) is 17.7 Å². The van der Waals surface area contributed by atoms with E-state index in [1.807, 2.05) is 28.8 Å². The molecule has 174 valence electrons. The van der Waals surface area contributed by atoms with Gasteiger partial charge >= 0.3 is 0 Å². The molecule has 0 unspecified atom stereocenters. The minimum Gasteiger partial charge on any atom is -0.491 e. The topological polar surface area (TPSA) is 50.6 Å². The number of fused-ring (bicyclic) bond motifs is 1. The third-order valence-electron chi connectivity index (χ3n) is 7.39. The molecule has 0 aliphatic carbocycles. The van der Waals surface area contributed by atoms with Gasteiger partial charge in [0.1, 0.15) is 12.4 Å². The van der Waals surface area contributed by atoms with Crippen LogP contribution in [0.5, 0.6) is 5.75 Å². The van der Waals surface area contributed by atoms with E-state index in [0.29, 0.717) is 19.1 Å². The van der Waals surface area contributed by atoms with Crippen molar-refractivity contribution in [2.24, 2.45) is 5.41 Å². The lowest BCUT2D eigenvalue weighted by Crippen LogP contribution is -2.50. The van der Waals surface area contributed by atoms with Crippen LogP contribution in [0, 0.1) is 12.3 Å². The Morgan fingerprint density at radius 1 is 1.09 bits per heavy atom. The standard InChI is InChI=1S/C26H38N4O2/c1-4-30-20-23(21(2)27-30)19-29-15-13-26(14-16-29)12-8-7-10-22-9-5-6-11-24(22)32-18-17-28(3)25(26)31/h5-6,9,11,20H,4,7-8,10,12-19H2,1-3H3. The molecule has 1 spiro atoms. The maximum absolute atomic E-state index is 13.6. The number of rotatable bonds is 3. The number of hydrogen-bond acceptors (Lipinski definition) is 4. The Balaban J connectivity index is 1.42. The second-order valence-corrected chi connectivity index (χ2v) is 9.54. The summed E-state index contributed by atoms with van der Waals surface area (Å²) in [6.45, 7) is 9.16. The first kappa shape index (κ1) is 22.8. The number of carbonyl (C=O) groups excluding carboxylic acids is 1. The van der Waals surface area contributed by atoms with Crippen molar-refractivity contribution >= 4 is 5.91 Å². The van der Waals surface area contributed by atoms with Gasteiger partial charge in [-0.1, -0.05) is 24.6 Å². The Bertz CT molecular complexity index is 914. The van der Waals surface area contributed by atoms with Crippen LogP contribution in [0.1, 0.15) is 55.8 Å². The largest absolute Gasteiger partial charge is 0.491 e. The highest BCUT2D eigenvalue weighted by Gasteiger charge is 2.42. The van der Waals surface area contributed by atoms with Gasteiger partial charge in [-0.25, -0.2) is 0 Å². The van der Waals surface area contributed by atoms with Crippen molar-refractivity contribution in [2.45, 2.75) is 65.5 Å². The highest BCUT2D eigenvalue weighted by molar-refractivity contribution is 5.82. The predicted octanol–water partition coefficient (Wildman–Crippen LogP) is 4.06. The molecule has 2 aliphatic heterocycles. The van der Waals surface area contributed by atoms with E-state index in [-0.39, 0.29) is 5.41 Å². The second-order valence-electron chi connectivity index (χ2n) is 9.54. The summed E-state index contributed by atoms with van der Waals surface area (Å²) < 4.78 is 8.07. The highest BCUT2D eigenvalue weighted by Crippen LogP contribution is 2.39. The maximum atomic E-state index is 13.6. The summed E-state index contributed by atoms with van der Waals surface area (Å²) in [5, 5.41) is 4.59. The molecule has 6 heteroatoms. The fourth-order valence-corrected chi connectivity index (χ4v) is 5.26. The van der Waals surface area contributed by atoms with E-state index >= 15 is 0 Å². The molecule has 0 radical (unpaired) electrons. The van der Waals surface area contributed by atoms with Crippen molar-refractivity contribution in [1.82, 2.24) is 19.6 Å². The Hall–Kier alpha value is -2.34. The molecule has 1 amide bonds. The van der Waals surface area contributed by atoms with Crippen molar-refractivity contribution < 1.29 is 9.53 Å². The lowest BCUT2D eigenvalue weighted by molar-refractivity contribution is -0.145. The molecule has 1 aromatic heterocycles. The van der Waals surface area contributed by atoms with Crippen LogP contribution in [-0.4, -0.2) is 58.8 Å². The minimum absolute atomic E-state index is 0.230. The molecule has 32 heavy (non-hydrogen) atoms. The van der Waals surface area contributed by atoms with E-state index in [4.69, 9.17) is 4.74 Å². The summed E-state index contributed by atoms with van der Waals surface area (Å²) in [6.07, 6.45) is 8.23. The smallest absolute Gasteiger partial charge is 0.228 e. The second kappa shape index (κ2) is 10.1. The fourth-order valence-electron chi connectivity index (χ4n) is 5.26. The van der Waals surface area contributed by atoms with Crippen molar-refractivity contribution in [3.05, 3.63) is 47.3 Å². The number of likely N-dealkylation sites (tertiary alicyclic amines) is 1. The zero-order valence-corrected chi connectivity index (χ0v) is 20.0. The Morgan fingerprint density at radius 3 is 2.62 bits per heavy atom. The van der Waals surface area contributed by atoms with Crippen LogP contribution in [-0.2, 0) is 24.3 Å². The van der Waals surface area contributed by atoms with E-state index in [0.717, 1.165) is 76.1 Å². The Kier molecular flexibility index (Phi) is 7.19. The highest BCUT2D eigenvalue weighted by atomic mass is 16.5. The molecule has 0 saturated carbocycles. The Morgan fingerprint density at radius 2 is 1.88 bits per heavy atom. The number of hydrogen-bond donors (Lipinski definition) is 0. The molecule has 6 nitrogen and oxygen atoms in total. The van der Waals surface area contributed by atoms with Crippen LogP contribution in [0.4, 0.5) is 0 Å². The number of piperidine rings is 1. The first-order chi connectivity index (χ1) is 15.5. The zero-order chi connectivity index (χ0) is 22.6. The summed E-state index contributed by atoms with van der Waals surface area (Å²) in [6, 6.07) is 8.34. The summed E-state index contributed by atoms with van der Waals surface area (Å²) in [7, 11) is 1.94. The molecule has 2 aliphatic rings. The number of para-hydroxylation sites is 1. The SMILES string of the molecule is CCn1cc(CN2CCC3(CCCCc4ccccc4OCCN(C)C3=O)CC2)c(C)n1. The molecule has 1 fully saturated rings. The number of aromatic nitrogens is 2. The number of benzene rings is 1. The van der Waals surface area contributed by atoms with Crippen LogP contribution in [0.15, 0.2) is 30.5 Å². The van der Waals surface area contributed by atoms with Crippen LogP contribution in [0.2, 0.25) is 0 Å². The molecule has 3 heterocycles. The van der Waals surface area contributed by atoms with E-state index in [9.17, 15) is 4.79 Å². The average molecular weight is 439 g/mol. The lowest BCUT2D eigenvalue weighted by Gasteiger charge is -2.43. The van der Waals surface area contributed by atoms with Gasteiger partial charge in [-0.15, -0.1) is 0 Å². The quantitative estimate of drug-likeness (QED) is 0.725. The molecule has 2 aromatic rings. The number of ether oxygens (including phenoxy) is 1. The van der Waals surface area contributed by atoms with Gasteiger partial charge in [0, 0.05) is 31.9 Å². The number of aryl methyl sites for hydroxylation is 3. The van der Waals surface area contributed by atoms with Gasteiger partial charge in [-0.05, 0) is 70.7 Å². The number of nitrogens with zero attached hydrogens (tertiary/aromatic N) is 4. The zero-order valence-electron chi connectivity index (χ0n) is 20.0. The molecule has 1 aromatic carbocycles. The predicted molar refractivity (Wildman–Crippen MR) is 127 cm³/mol. The third-order valence-corrected chi connectivity index (χ3v) is 7.39. The molecule has 1 saturated heterocycles. The van der Waals surface area contributed by atoms with Gasteiger partial charge < -0.3 is 9.64 Å². The van der Waals surface area contributed by atoms with Gasteiger partial charge in [0.25, 0.3) is 0 Å². The third kappa shape index (κ3) is 5.01. The van der Waals surface area contributed by atoms with Gasteiger partial charge in [0.15, 0.2) is 0 Å². The summed E-state index contributed by atoms with van der Waals surface area (Å²) in [4.78, 5) is 18.0. The average Bonchev–Trinajstić information content (AvgIpc) is 3.17. The van der Waals surface area contributed by atoms with Crippen LogP contribution < -0.4 is 4.74 Å². The minimum atomic E-state index is -0.230. The number of likely N-dealkylation sites (N-methyl/N-ethyl adjacent to an activating group) is 1. The van der Waals surface area contributed by atoms with Crippen LogP contribution in [0.3, 0.4) is 0 Å².